The van der Waals surface area contributed by atoms with Gasteiger partial charge in [-0.15, -0.1) is 11.3 Å². The van der Waals surface area contributed by atoms with Crippen molar-refractivity contribution < 1.29 is 14.3 Å². The average Bonchev–Trinajstić information content (AvgIpc) is 3.52. The minimum atomic E-state index is -0.571. The molecule has 4 rings (SSSR count). The highest BCUT2D eigenvalue weighted by molar-refractivity contribution is 7.17. The van der Waals surface area contributed by atoms with Crippen molar-refractivity contribution in [1.82, 2.24) is 4.98 Å². The summed E-state index contributed by atoms with van der Waals surface area (Å²) in [7, 11) is 1.53. The first-order chi connectivity index (χ1) is 18.0. The molecule has 0 bridgehead atoms. The predicted molar refractivity (Wildman–Crippen MR) is 156 cm³/mol. The van der Waals surface area contributed by atoms with Crippen LogP contribution in [0.2, 0.25) is 0 Å². The van der Waals surface area contributed by atoms with Crippen molar-refractivity contribution in [3.05, 3.63) is 81.5 Å². The number of primary amides is 2. The molecule has 1 aliphatic rings. The number of rotatable bonds is 9. The molecule has 0 atom stereocenters. The fraction of sp³-hybridized carbons (Fsp3) is 0.387. The zero-order valence-electron chi connectivity index (χ0n) is 23.1. The summed E-state index contributed by atoms with van der Waals surface area (Å²) in [4.78, 5) is 30.2. The second kappa shape index (κ2) is 12.9. The van der Waals surface area contributed by atoms with Crippen LogP contribution in [0, 0.1) is 11.8 Å². The standard InChI is InChI=1S/C22H29N3O3S.C9H10/c1-11(2)9-14-18(13(5)28-6)20(16-7-8-17(29-16)21(23)26)19(22(24)27)15(25-14)10-12(3)4;1-2-5-9-7-3-6-8(9)4-1/h7-8,11-12H,5,9-10H2,1-4,6H3,(H2,23,26)(H2,24,27);1-2,4-5H,3,6-7H2. The molecule has 4 N–H and O–H groups in total. The highest BCUT2D eigenvalue weighted by atomic mass is 32.1. The molecule has 0 unspecified atom stereocenters. The van der Waals surface area contributed by atoms with Crippen molar-refractivity contribution in [2.75, 3.05) is 7.11 Å². The van der Waals surface area contributed by atoms with Gasteiger partial charge in [0.2, 0.25) is 0 Å². The second-order valence-corrected chi connectivity index (χ2v) is 11.6. The van der Waals surface area contributed by atoms with Crippen LogP contribution in [0.15, 0.2) is 43.0 Å². The van der Waals surface area contributed by atoms with Gasteiger partial charge in [-0.3, -0.25) is 14.6 Å². The van der Waals surface area contributed by atoms with Crippen LogP contribution in [-0.2, 0) is 30.4 Å². The monoisotopic (exact) mass is 533 g/mol. The molecular weight excluding hydrogens is 494 g/mol. The summed E-state index contributed by atoms with van der Waals surface area (Å²) < 4.78 is 5.46. The van der Waals surface area contributed by atoms with Crippen molar-refractivity contribution in [3.63, 3.8) is 0 Å². The SMILES string of the molecule is C=C(OC)c1c(CC(C)C)nc(CC(C)C)c(C(N)=O)c1-c1ccc(C(N)=O)s1.c1ccc2c(c1)CCC2. The Kier molecular flexibility index (Phi) is 9.86. The number of benzene rings is 1. The fourth-order valence-corrected chi connectivity index (χ4v) is 5.71. The topological polar surface area (TPSA) is 108 Å². The lowest BCUT2D eigenvalue weighted by atomic mass is 9.90. The molecule has 2 heterocycles. The van der Waals surface area contributed by atoms with Gasteiger partial charge in [0.05, 0.1) is 28.9 Å². The van der Waals surface area contributed by atoms with Gasteiger partial charge in [0, 0.05) is 16.0 Å². The molecule has 3 aromatic rings. The molecule has 0 radical (unpaired) electrons. The summed E-state index contributed by atoms with van der Waals surface area (Å²) in [6.45, 7) is 12.4. The smallest absolute Gasteiger partial charge is 0.258 e. The number of fused-ring (bicyclic) bond motifs is 1. The Bertz CT molecular complexity index is 1300. The molecule has 38 heavy (non-hydrogen) atoms. The van der Waals surface area contributed by atoms with E-state index in [1.54, 1.807) is 23.3 Å². The molecule has 0 aliphatic heterocycles. The maximum Gasteiger partial charge on any atom is 0.258 e. The maximum atomic E-state index is 12.6. The number of methoxy groups -OCH3 is 1. The van der Waals surface area contributed by atoms with E-state index in [0.29, 0.717) is 56.7 Å². The lowest BCUT2D eigenvalue weighted by Gasteiger charge is -2.22. The molecule has 0 fully saturated rings. The number of nitrogens with two attached hydrogens (primary N) is 2. The van der Waals surface area contributed by atoms with E-state index in [0.717, 1.165) is 5.69 Å². The van der Waals surface area contributed by atoms with Gasteiger partial charge in [-0.2, -0.15) is 0 Å². The molecule has 6 nitrogen and oxygen atoms in total. The quantitative estimate of drug-likeness (QED) is 0.319. The number of pyridine rings is 1. The van der Waals surface area contributed by atoms with Crippen LogP contribution >= 0.6 is 11.3 Å². The van der Waals surface area contributed by atoms with Crippen LogP contribution in [0.1, 0.15) is 82.2 Å². The number of hydrogen-bond acceptors (Lipinski definition) is 5. The van der Waals surface area contributed by atoms with Gasteiger partial charge in [-0.1, -0.05) is 58.5 Å². The zero-order valence-corrected chi connectivity index (χ0v) is 23.9. The molecule has 2 aromatic heterocycles. The maximum absolute atomic E-state index is 12.6. The first-order valence-corrected chi connectivity index (χ1v) is 13.9. The van der Waals surface area contributed by atoms with Crippen LogP contribution in [0.4, 0.5) is 0 Å². The minimum Gasteiger partial charge on any atom is -0.497 e. The van der Waals surface area contributed by atoms with E-state index in [-0.39, 0.29) is 5.92 Å². The first-order valence-electron chi connectivity index (χ1n) is 13.1. The summed E-state index contributed by atoms with van der Waals surface area (Å²) in [6.07, 6.45) is 5.25. The van der Waals surface area contributed by atoms with Gasteiger partial charge in [0.1, 0.15) is 5.76 Å². The molecule has 202 valence electrons. The summed E-state index contributed by atoms with van der Waals surface area (Å²) in [5.41, 5.74) is 17.5. The Morgan fingerprint density at radius 1 is 0.921 bits per heavy atom. The van der Waals surface area contributed by atoms with Crippen molar-refractivity contribution in [3.8, 4) is 10.4 Å². The molecular formula is C31H39N3O3S. The van der Waals surface area contributed by atoms with E-state index < -0.39 is 11.8 Å². The van der Waals surface area contributed by atoms with Gasteiger partial charge < -0.3 is 16.2 Å². The number of carbonyl (C=O) groups is 2. The number of ether oxygens (including phenoxy) is 1. The number of hydrogen-bond donors (Lipinski definition) is 2. The number of nitrogens with zero attached hydrogens (tertiary/aromatic N) is 1. The van der Waals surface area contributed by atoms with Gasteiger partial charge in [-0.05, 0) is 67.2 Å². The van der Waals surface area contributed by atoms with E-state index in [2.05, 4.69) is 58.5 Å². The van der Waals surface area contributed by atoms with Crippen molar-refractivity contribution in [1.29, 1.82) is 0 Å². The third-order valence-electron chi connectivity index (χ3n) is 6.43. The highest BCUT2D eigenvalue weighted by Gasteiger charge is 2.27. The fourth-order valence-electron chi connectivity index (χ4n) is 4.79. The number of thiophene rings is 1. The lowest BCUT2D eigenvalue weighted by molar-refractivity contribution is 0.0993. The Labute approximate surface area is 230 Å². The van der Waals surface area contributed by atoms with Crippen LogP contribution in [-0.4, -0.2) is 23.9 Å². The Morgan fingerprint density at radius 2 is 1.47 bits per heavy atom. The van der Waals surface area contributed by atoms with Crippen LogP contribution in [0.3, 0.4) is 0 Å². The molecule has 7 heteroatoms. The van der Waals surface area contributed by atoms with Crippen LogP contribution < -0.4 is 11.5 Å². The summed E-state index contributed by atoms with van der Waals surface area (Å²) in [5.74, 6) is -0.0852. The Morgan fingerprint density at radius 3 is 1.92 bits per heavy atom. The molecule has 0 spiro atoms. The summed E-state index contributed by atoms with van der Waals surface area (Å²) in [6, 6.07) is 12.2. The van der Waals surface area contributed by atoms with Gasteiger partial charge in [0.15, 0.2) is 0 Å². The molecule has 2 amide bonds. The number of amides is 2. The van der Waals surface area contributed by atoms with Crippen molar-refractivity contribution in [2.24, 2.45) is 23.3 Å². The predicted octanol–water partition coefficient (Wildman–Crippen LogP) is 6.20. The molecule has 0 saturated carbocycles. The average molecular weight is 534 g/mol. The highest BCUT2D eigenvalue weighted by Crippen LogP contribution is 2.40. The number of carbonyl (C=O) groups excluding carboxylic acids is 2. The lowest BCUT2D eigenvalue weighted by Crippen LogP contribution is -2.21. The van der Waals surface area contributed by atoms with Crippen molar-refractivity contribution >= 4 is 28.9 Å². The Hall–Kier alpha value is -3.45. The third kappa shape index (κ3) is 6.90. The van der Waals surface area contributed by atoms with Gasteiger partial charge in [-0.25, -0.2) is 0 Å². The van der Waals surface area contributed by atoms with Crippen LogP contribution in [0.5, 0.6) is 0 Å². The van der Waals surface area contributed by atoms with E-state index >= 15 is 0 Å². The third-order valence-corrected chi connectivity index (χ3v) is 7.55. The Balaban J connectivity index is 0.000000368. The van der Waals surface area contributed by atoms with E-state index in [1.165, 1.54) is 37.7 Å². The van der Waals surface area contributed by atoms with Crippen LogP contribution in [0.25, 0.3) is 16.2 Å². The van der Waals surface area contributed by atoms with E-state index in [1.807, 2.05) is 0 Å². The molecule has 1 aliphatic carbocycles. The molecule has 0 saturated heterocycles. The molecule has 1 aromatic carbocycles. The number of aromatic nitrogens is 1. The second-order valence-electron chi connectivity index (χ2n) is 10.5. The first kappa shape index (κ1) is 29.1. The van der Waals surface area contributed by atoms with Gasteiger partial charge >= 0.3 is 0 Å². The normalized spacial score (nSPS) is 12.2. The van der Waals surface area contributed by atoms with Crippen molar-refractivity contribution in [2.45, 2.75) is 59.8 Å². The van der Waals surface area contributed by atoms with E-state index in [4.69, 9.17) is 21.2 Å². The van der Waals surface area contributed by atoms with Gasteiger partial charge in [0.25, 0.3) is 11.8 Å². The summed E-state index contributed by atoms with van der Waals surface area (Å²) in [5, 5.41) is 0. The van der Waals surface area contributed by atoms with E-state index in [9.17, 15) is 9.59 Å². The zero-order chi connectivity index (χ0) is 28.0. The number of aryl methyl sites for hydroxylation is 2. The summed E-state index contributed by atoms with van der Waals surface area (Å²) >= 11 is 1.22. The largest absolute Gasteiger partial charge is 0.497 e. The minimum absolute atomic E-state index is 0.279.